The SMILES string of the molecule is CCOC(=O)CC(O)CN(C)CCNC. The molecule has 0 spiro atoms. The summed E-state index contributed by atoms with van der Waals surface area (Å²) < 4.78 is 4.75. The second-order valence-corrected chi connectivity index (χ2v) is 3.53. The maximum atomic E-state index is 11.0. The average Bonchev–Trinajstić information content (AvgIpc) is 2.14. The summed E-state index contributed by atoms with van der Waals surface area (Å²) in [5, 5.41) is 12.6. The Morgan fingerprint density at radius 2 is 2.27 bits per heavy atom. The van der Waals surface area contributed by atoms with E-state index in [1.54, 1.807) is 6.92 Å². The van der Waals surface area contributed by atoms with Crippen molar-refractivity contribution in [3.63, 3.8) is 0 Å². The van der Waals surface area contributed by atoms with Crippen LogP contribution in [0.1, 0.15) is 13.3 Å². The van der Waals surface area contributed by atoms with Crippen LogP contribution in [0.5, 0.6) is 0 Å². The predicted molar refractivity (Wildman–Crippen MR) is 58.7 cm³/mol. The van der Waals surface area contributed by atoms with Crippen LogP contribution in [0.3, 0.4) is 0 Å². The molecule has 15 heavy (non-hydrogen) atoms. The Balaban J connectivity index is 3.62. The van der Waals surface area contributed by atoms with Gasteiger partial charge in [-0.25, -0.2) is 0 Å². The van der Waals surface area contributed by atoms with Gasteiger partial charge in [-0.1, -0.05) is 0 Å². The van der Waals surface area contributed by atoms with Crippen molar-refractivity contribution in [3.8, 4) is 0 Å². The number of hydrogen-bond donors (Lipinski definition) is 2. The van der Waals surface area contributed by atoms with E-state index in [0.29, 0.717) is 13.2 Å². The summed E-state index contributed by atoms with van der Waals surface area (Å²) >= 11 is 0. The second kappa shape index (κ2) is 8.64. The first-order valence-corrected chi connectivity index (χ1v) is 5.27. The Morgan fingerprint density at radius 3 is 2.80 bits per heavy atom. The van der Waals surface area contributed by atoms with Gasteiger partial charge >= 0.3 is 5.97 Å². The highest BCUT2D eigenvalue weighted by Gasteiger charge is 2.13. The minimum absolute atomic E-state index is 0.0672. The van der Waals surface area contributed by atoms with Gasteiger partial charge in [-0.15, -0.1) is 0 Å². The Labute approximate surface area is 91.4 Å². The number of nitrogens with zero attached hydrogens (tertiary/aromatic N) is 1. The zero-order valence-corrected chi connectivity index (χ0v) is 9.82. The Hall–Kier alpha value is -0.650. The number of carbonyl (C=O) groups is 1. The topological polar surface area (TPSA) is 61.8 Å². The molecule has 0 aliphatic heterocycles. The third kappa shape index (κ3) is 8.35. The summed E-state index contributed by atoms with van der Waals surface area (Å²) in [6.07, 6.45) is -0.580. The lowest BCUT2D eigenvalue weighted by Gasteiger charge is -2.19. The molecule has 0 aromatic carbocycles. The largest absolute Gasteiger partial charge is 0.466 e. The van der Waals surface area contributed by atoms with Gasteiger partial charge < -0.3 is 20.1 Å². The molecule has 0 saturated carbocycles. The van der Waals surface area contributed by atoms with Gasteiger partial charge in [0.2, 0.25) is 0 Å². The molecule has 2 N–H and O–H groups in total. The highest BCUT2D eigenvalue weighted by Crippen LogP contribution is 1.97. The molecule has 0 amide bonds. The third-order valence-corrected chi connectivity index (χ3v) is 1.97. The Kier molecular flexibility index (Phi) is 8.27. The van der Waals surface area contributed by atoms with Gasteiger partial charge in [0.1, 0.15) is 0 Å². The number of ether oxygens (including phenoxy) is 1. The molecule has 0 rings (SSSR count). The summed E-state index contributed by atoms with van der Waals surface area (Å²) in [6.45, 7) is 4.31. The van der Waals surface area contributed by atoms with E-state index < -0.39 is 6.10 Å². The van der Waals surface area contributed by atoms with Crippen LogP contribution in [-0.2, 0) is 9.53 Å². The molecule has 1 unspecified atom stereocenters. The van der Waals surface area contributed by atoms with Crippen LogP contribution in [0.15, 0.2) is 0 Å². The molecule has 5 heteroatoms. The first-order valence-electron chi connectivity index (χ1n) is 5.27. The lowest BCUT2D eigenvalue weighted by molar-refractivity contribution is -0.145. The maximum absolute atomic E-state index is 11.0. The predicted octanol–water partition coefficient (Wildman–Crippen LogP) is -0.548. The first kappa shape index (κ1) is 14.3. The second-order valence-electron chi connectivity index (χ2n) is 3.53. The van der Waals surface area contributed by atoms with Gasteiger partial charge in [0.15, 0.2) is 0 Å². The van der Waals surface area contributed by atoms with Gasteiger partial charge in [0.25, 0.3) is 0 Å². The molecule has 90 valence electrons. The van der Waals surface area contributed by atoms with Crippen molar-refractivity contribution in [2.24, 2.45) is 0 Å². The average molecular weight is 218 g/mol. The number of aliphatic hydroxyl groups excluding tert-OH is 1. The molecule has 0 bridgehead atoms. The molecule has 0 saturated heterocycles. The number of nitrogens with one attached hydrogen (secondary N) is 1. The molecular formula is C10H22N2O3. The van der Waals surface area contributed by atoms with Gasteiger partial charge in [-0.05, 0) is 21.0 Å². The molecule has 0 aromatic heterocycles. The van der Waals surface area contributed by atoms with Crippen LogP contribution in [0, 0.1) is 0 Å². The number of carbonyl (C=O) groups excluding carboxylic acids is 1. The highest BCUT2D eigenvalue weighted by molar-refractivity contribution is 5.69. The summed E-state index contributed by atoms with van der Waals surface area (Å²) in [4.78, 5) is 13.0. The van der Waals surface area contributed by atoms with E-state index in [1.165, 1.54) is 0 Å². The Morgan fingerprint density at radius 1 is 1.60 bits per heavy atom. The first-order chi connectivity index (χ1) is 7.10. The zero-order chi connectivity index (χ0) is 11.7. The molecule has 1 atom stereocenters. The lowest BCUT2D eigenvalue weighted by Crippen LogP contribution is -2.35. The van der Waals surface area contributed by atoms with Crippen molar-refractivity contribution in [1.29, 1.82) is 0 Å². The summed E-state index contributed by atoms with van der Waals surface area (Å²) in [6, 6.07) is 0. The number of hydrogen-bond acceptors (Lipinski definition) is 5. The van der Waals surface area contributed by atoms with Gasteiger partial charge in [0.05, 0.1) is 19.1 Å². The molecule has 5 nitrogen and oxygen atoms in total. The third-order valence-electron chi connectivity index (χ3n) is 1.97. The van der Waals surface area contributed by atoms with Crippen molar-refractivity contribution < 1.29 is 14.6 Å². The molecule has 0 radical (unpaired) electrons. The van der Waals surface area contributed by atoms with Gasteiger partial charge in [0, 0.05) is 19.6 Å². The maximum Gasteiger partial charge on any atom is 0.308 e. The number of rotatable bonds is 8. The van der Waals surface area contributed by atoms with Crippen LogP contribution >= 0.6 is 0 Å². The van der Waals surface area contributed by atoms with Crippen LogP contribution in [0.25, 0.3) is 0 Å². The van der Waals surface area contributed by atoms with E-state index in [9.17, 15) is 9.90 Å². The summed E-state index contributed by atoms with van der Waals surface area (Å²) in [5.74, 6) is -0.341. The van der Waals surface area contributed by atoms with Gasteiger partial charge in [-0.2, -0.15) is 0 Å². The number of likely N-dealkylation sites (N-methyl/N-ethyl adjacent to an activating group) is 2. The van der Waals surface area contributed by atoms with Crippen molar-refractivity contribution in [2.75, 3.05) is 40.3 Å². The van der Waals surface area contributed by atoms with Crippen LogP contribution in [0.2, 0.25) is 0 Å². The quantitative estimate of drug-likeness (QED) is 0.535. The van der Waals surface area contributed by atoms with Crippen molar-refractivity contribution in [3.05, 3.63) is 0 Å². The summed E-state index contributed by atoms with van der Waals surface area (Å²) in [7, 11) is 3.79. The van der Waals surface area contributed by atoms with E-state index in [2.05, 4.69) is 5.32 Å². The highest BCUT2D eigenvalue weighted by atomic mass is 16.5. The van der Waals surface area contributed by atoms with E-state index in [0.717, 1.165) is 13.1 Å². The monoisotopic (exact) mass is 218 g/mol. The van der Waals surface area contributed by atoms with Crippen molar-refractivity contribution in [1.82, 2.24) is 10.2 Å². The Bertz CT molecular complexity index is 176. The zero-order valence-electron chi connectivity index (χ0n) is 9.82. The van der Waals surface area contributed by atoms with Gasteiger partial charge in [-0.3, -0.25) is 4.79 Å². The fourth-order valence-electron chi connectivity index (χ4n) is 1.23. The number of esters is 1. The molecule has 0 aliphatic carbocycles. The summed E-state index contributed by atoms with van der Waals surface area (Å²) in [5.41, 5.74) is 0. The molecule has 0 heterocycles. The van der Waals surface area contributed by atoms with Crippen LogP contribution in [0.4, 0.5) is 0 Å². The minimum atomic E-state index is -0.647. The van der Waals surface area contributed by atoms with E-state index in [-0.39, 0.29) is 12.4 Å². The van der Waals surface area contributed by atoms with Crippen molar-refractivity contribution in [2.45, 2.75) is 19.4 Å². The van der Waals surface area contributed by atoms with Crippen molar-refractivity contribution >= 4 is 5.97 Å². The normalized spacial score (nSPS) is 12.9. The van der Waals surface area contributed by atoms with E-state index in [1.807, 2.05) is 19.0 Å². The fourth-order valence-corrected chi connectivity index (χ4v) is 1.23. The molecule has 0 aromatic rings. The molecular weight excluding hydrogens is 196 g/mol. The lowest BCUT2D eigenvalue weighted by atomic mass is 10.2. The van der Waals surface area contributed by atoms with E-state index >= 15 is 0 Å². The molecule has 0 fully saturated rings. The van der Waals surface area contributed by atoms with Crippen LogP contribution in [-0.4, -0.2) is 62.4 Å². The fraction of sp³-hybridized carbons (Fsp3) is 0.900. The number of aliphatic hydroxyl groups is 1. The minimum Gasteiger partial charge on any atom is -0.466 e. The van der Waals surface area contributed by atoms with Crippen LogP contribution < -0.4 is 5.32 Å². The smallest absolute Gasteiger partial charge is 0.308 e. The molecule has 0 aliphatic rings. The van der Waals surface area contributed by atoms with E-state index in [4.69, 9.17) is 4.74 Å². The standard InChI is InChI=1S/C10H22N2O3/c1-4-15-10(14)7-9(13)8-12(3)6-5-11-2/h9,11,13H,4-8H2,1-3H3.